The summed E-state index contributed by atoms with van der Waals surface area (Å²) >= 11 is 3.39. The molecule has 17 heavy (non-hydrogen) atoms. The molecule has 5 heteroatoms. The second-order valence-corrected chi connectivity index (χ2v) is 5.11. The minimum Gasteiger partial charge on any atom is -0.392 e. The van der Waals surface area contributed by atoms with Gasteiger partial charge in [0, 0.05) is 17.6 Å². The molecule has 1 fully saturated rings. The Balaban J connectivity index is 1.84. The molecule has 0 spiro atoms. The van der Waals surface area contributed by atoms with Crippen LogP contribution in [0.1, 0.15) is 12.0 Å². The zero-order valence-corrected chi connectivity index (χ0v) is 10.9. The number of β-amino-alcohol motifs (C(OH)–C–C–N with tert-alkyl or cyclic N) is 1. The molecule has 1 aromatic carbocycles. The van der Waals surface area contributed by atoms with Gasteiger partial charge in [-0.05, 0) is 24.1 Å². The van der Waals surface area contributed by atoms with E-state index in [4.69, 9.17) is 0 Å². The van der Waals surface area contributed by atoms with Crippen molar-refractivity contribution in [2.24, 2.45) is 0 Å². The van der Waals surface area contributed by atoms with Crippen molar-refractivity contribution in [1.82, 2.24) is 10.6 Å². The first-order valence-corrected chi connectivity index (χ1v) is 6.38. The van der Waals surface area contributed by atoms with E-state index in [0.29, 0.717) is 19.5 Å². The predicted molar refractivity (Wildman–Crippen MR) is 68.4 cm³/mol. The average Bonchev–Trinajstić information content (AvgIpc) is 2.73. The van der Waals surface area contributed by atoms with Crippen molar-refractivity contribution in [3.05, 3.63) is 34.3 Å². The zero-order chi connectivity index (χ0) is 12.3. The number of halogens is 1. The highest BCUT2D eigenvalue weighted by Gasteiger charge is 2.27. The van der Waals surface area contributed by atoms with Crippen molar-refractivity contribution in [1.29, 1.82) is 0 Å². The van der Waals surface area contributed by atoms with Crippen molar-refractivity contribution in [2.75, 3.05) is 6.54 Å². The molecule has 92 valence electrons. The van der Waals surface area contributed by atoms with Crippen LogP contribution >= 0.6 is 15.9 Å². The minimum atomic E-state index is -0.406. The summed E-state index contributed by atoms with van der Waals surface area (Å²) in [7, 11) is 0. The van der Waals surface area contributed by atoms with E-state index in [1.165, 1.54) is 0 Å². The van der Waals surface area contributed by atoms with Crippen molar-refractivity contribution in [3.8, 4) is 0 Å². The van der Waals surface area contributed by atoms with Crippen molar-refractivity contribution in [3.63, 3.8) is 0 Å². The van der Waals surface area contributed by atoms with Gasteiger partial charge in [-0.2, -0.15) is 0 Å². The van der Waals surface area contributed by atoms with Crippen LogP contribution in [0.15, 0.2) is 28.7 Å². The molecule has 0 saturated carbocycles. The fraction of sp³-hybridized carbons (Fsp3) is 0.417. The molecule has 0 radical (unpaired) electrons. The third kappa shape index (κ3) is 3.52. The largest absolute Gasteiger partial charge is 0.392 e. The Morgan fingerprint density at radius 2 is 2.41 bits per heavy atom. The van der Waals surface area contributed by atoms with Crippen LogP contribution in [-0.2, 0) is 11.3 Å². The van der Waals surface area contributed by atoms with Crippen LogP contribution in [-0.4, -0.2) is 29.7 Å². The standard InChI is InChI=1S/C12H15BrN2O2/c13-9-3-1-2-8(4-9)6-15-12(17)11-5-10(16)7-14-11/h1-4,10-11,14,16H,5-7H2,(H,15,17)/t10-,11+/m0/s1. The third-order valence-electron chi connectivity index (χ3n) is 2.78. The van der Waals surface area contributed by atoms with Crippen LogP contribution in [0.3, 0.4) is 0 Å². The van der Waals surface area contributed by atoms with Gasteiger partial charge < -0.3 is 15.7 Å². The average molecular weight is 299 g/mol. The smallest absolute Gasteiger partial charge is 0.237 e. The molecule has 0 bridgehead atoms. The number of carbonyl (C=O) groups is 1. The molecule has 4 nitrogen and oxygen atoms in total. The van der Waals surface area contributed by atoms with E-state index in [1.807, 2.05) is 24.3 Å². The van der Waals surface area contributed by atoms with Crippen LogP contribution in [0, 0.1) is 0 Å². The van der Waals surface area contributed by atoms with E-state index in [9.17, 15) is 9.90 Å². The Kier molecular flexibility index (Phi) is 4.15. The lowest BCUT2D eigenvalue weighted by atomic mass is 10.2. The fourth-order valence-corrected chi connectivity index (χ4v) is 2.32. The lowest BCUT2D eigenvalue weighted by Crippen LogP contribution is -2.39. The van der Waals surface area contributed by atoms with Crippen LogP contribution in [0.2, 0.25) is 0 Å². The van der Waals surface area contributed by atoms with Gasteiger partial charge in [0.1, 0.15) is 0 Å². The molecule has 1 saturated heterocycles. The third-order valence-corrected chi connectivity index (χ3v) is 3.27. The summed E-state index contributed by atoms with van der Waals surface area (Å²) in [5.41, 5.74) is 1.05. The fourth-order valence-electron chi connectivity index (χ4n) is 1.88. The maximum absolute atomic E-state index is 11.8. The first kappa shape index (κ1) is 12.5. The monoisotopic (exact) mass is 298 g/mol. The highest BCUT2D eigenvalue weighted by molar-refractivity contribution is 9.10. The molecule has 3 N–H and O–H groups in total. The molecule has 0 aromatic heterocycles. The minimum absolute atomic E-state index is 0.0541. The number of hydrogen-bond donors (Lipinski definition) is 3. The number of amides is 1. The molecule has 1 aliphatic rings. The lowest BCUT2D eigenvalue weighted by molar-refractivity contribution is -0.123. The molecule has 1 amide bonds. The van der Waals surface area contributed by atoms with Crippen LogP contribution in [0.5, 0.6) is 0 Å². The van der Waals surface area contributed by atoms with E-state index < -0.39 is 6.10 Å². The molecule has 2 rings (SSSR count). The second kappa shape index (κ2) is 5.62. The number of rotatable bonds is 3. The number of aliphatic hydroxyl groups excluding tert-OH is 1. The quantitative estimate of drug-likeness (QED) is 0.773. The van der Waals surface area contributed by atoms with Crippen molar-refractivity contribution >= 4 is 21.8 Å². The van der Waals surface area contributed by atoms with Gasteiger partial charge in [0.15, 0.2) is 0 Å². The van der Waals surface area contributed by atoms with E-state index in [0.717, 1.165) is 10.0 Å². The van der Waals surface area contributed by atoms with Crippen LogP contribution in [0.25, 0.3) is 0 Å². The number of hydrogen-bond acceptors (Lipinski definition) is 3. The van der Waals surface area contributed by atoms with Gasteiger partial charge in [-0.15, -0.1) is 0 Å². The molecule has 2 atom stereocenters. The molecule has 1 heterocycles. The topological polar surface area (TPSA) is 61.4 Å². The number of benzene rings is 1. The van der Waals surface area contributed by atoms with Gasteiger partial charge in [0.05, 0.1) is 12.1 Å². The highest BCUT2D eigenvalue weighted by Crippen LogP contribution is 2.12. The maximum Gasteiger partial charge on any atom is 0.237 e. The molecular weight excluding hydrogens is 284 g/mol. The summed E-state index contributed by atoms with van der Waals surface area (Å²) in [5.74, 6) is -0.0541. The van der Waals surface area contributed by atoms with Gasteiger partial charge in [-0.1, -0.05) is 28.1 Å². The van der Waals surface area contributed by atoms with Crippen molar-refractivity contribution in [2.45, 2.75) is 25.1 Å². The van der Waals surface area contributed by atoms with Gasteiger partial charge in [0.2, 0.25) is 5.91 Å². The molecule has 1 aromatic rings. The Morgan fingerprint density at radius 3 is 3.06 bits per heavy atom. The first-order valence-electron chi connectivity index (χ1n) is 5.59. The Hall–Kier alpha value is -0.910. The van der Waals surface area contributed by atoms with E-state index in [-0.39, 0.29) is 11.9 Å². The maximum atomic E-state index is 11.8. The first-order chi connectivity index (χ1) is 8.15. The summed E-state index contributed by atoms with van der Waals surface area (Å²) in [6.07, 6.45) is 0.0845. The Bertz CT molecular complexity index is 411. The SMILES string of the molecule is O=C(NCc1cccc(Br)c1)[C@H]1C[C@H](O)CN1. The molecule has 1 aliphatic heterocycles. The van der Waals surface area contributed by atoms with Gasteiger partial charge in [-0.3, -0.25) is 4.79 Å². The Morgan fingerprint density at radius 1 is 1.59 bits per heavy atom. The Labute approximate surface area is 109 Å². The second-order valence-electron chi connectivity index (χ2n) is 4.20. The molecule has 0 aliphatic carbocycles. The molecular formula is C12H15BrN2O2. The predicted octanol–water partition coefficient (Wildman–Crippen LogP) is 0.788. The zero-order valence-electron chi connectivity index (χ0n) is 9.32. The summed E-state index contributed by atoms with van der Waals surface area (Å²) < 4.78 is 0.999. The lowest BCUT2D eigenvalue weighted by Gasteiger charge is -2.11. The number of aliphatic hydroxyl groups is 1. The number of nitrogens with one attached hydrogen (secondary N) is 2. The highest BCUT2D eigenvalue weighted by atomic mass is 79.9. The normalized spacial score (nSPS) is 23.6. The summed E-state index contributed by atoms with van der Waals surface area (Å²) in [6, 6.07) is 7.54. The van der Waals surface area contributed by atoms with Crippen molar-refractivity contribution < 1.29 is 9.90 Å². The summed E-state index contributed by atoms with van der Waals surface area (Å²) in [5, 5.41) is 15.2. The van der Waals surface area contributed by atoms with Gasteiger partial charge >= 0.3 is 0 Å². The molecule has 0 unspecified atom stereocenters. The summed E-state index contributed by atoms with van der Waals surface area (Å²) in [6.45, 7) is 1.00. The van der Waals surface area contributed by atoms with Crippen LogP contribution in [0.4, 0.5) is 0 Å². The van der Waals surface area contributed by atoms with Crippen LogP contribution < -0.4 is 10.6 Å². The van der Waals surface area contributed by atoms with Gasteiger partial charge in [-0.25, -0.2) is 0 Å². The van der Waals surface area contributed by atoms with E-state index in [2.05, 4.69) is 26.6 Å². The van der Waals surface area contributed by atoms with E-state index >= 15 is 0 Å². The number of carbonyl (C=O) groups excluding carboxylic acids is 1. The summed E-state index contributed by atoms with van der Waals surface area (Å²) in [4.78, 5) is 11.8. The van der Waals surface area contributed by atoms with E-state index in [1.54, 1.807) is 0 Å². The van der Waals surface area contributed by atoms with Gasteiger partial charge in [0.25, 0.3) is 0 Å².